The van der Waals surface area contributed by atoms with Crippen LogP contribution < -0.4 is 0 Å². The molecule has 1 atom stereocenters. The molecule has 1 aliphatic carbocycles. The molecule has 0 spiro atoms. The van der Waals surface area contributed by atoms with Gasteiger partial charge in [-0.2, -0.15) is 0 Å². The fraction of sp³-hybridized carbons (Fsp3) is 0.500. The molecular formula is C18H24O. The Kier molecular flexibility index (Phi) is 3.93. The number of hydrogen-bond acceptors (Lipinski definition) is 1. The summed E-state index contributed by atoms with van der Waals surface area (Å²) in [7, 11) is 0. The number of allylic oxidation sites excluding steroid dienone is 1. The smallest absolute Gasteiger partial charge is 0.130 e. The Morgan fingerprint density at radius 1 is 1.32 bits per heavy atom. The predicted octanol–water partition coefficient (Wildman–Crippen LogP) is 4.85. The molecule has 0 radical (unpaired) electrons. The van der Waals surface area contributed by atoms with Gasteiger partial charge in [-0.15, -0.1) is 0 Å². The molecule has 1 aliphatic rings. The van der Waals surface area contributed by atoms with E-state index in [9.17, 15) is 4.79 Å². The van der Waals surface area contributed by atoms with Crippen molar-refractivity contribution in [3.8, 4) is 0 Å². The van der Waals surface area contributed by atoms with Gasteiger partial charge < -0.3 is 0 Å². The highest BCUT2D eigenvalue weighted by atomic mass is 16.1. The molecule has 0 saturated carbocycles. The molecule has 19 heavy (non-hydrogen) atoms. The minimum atomic E-state index is -0.0692. The lowest BCUT2D eigenvalue weighted by Gasteiger charge is -2.25. The number of benzene rings is 1. The predicted molar refractivity (Wildman–Crippen MR) is 81.4 cm³/mol. The van der Waals surface area contributed by atoms with Gasteiger partial charge in [0, 0.05) is 12.3 Å². The van der Waals surface area contributed by atoms with Crippen molar-refractivity contribution >= 4 is 11.9 Å². The first-order chi connectivity index (χ1) is 8.94. The van der Waals surface area contributed by atoms with Gasteiger partial charge in [0.1, 0.15) is 5.78 Å². The highest BCUT2D eigenvalue weighted by Gasteiger charge is 2.25. The summed E-state index contributed by atoms with van der Waals surface area (Å²) in [4.78, 5) is 11.4. The van der Waals surface area contributed by atoms with Crippen molar-refractivity contribution in [1.29, 1.82) is 0 Å². The Bertz CT molecular complexity index is 508. The fourth-order valence-corrected chi connectivity index (χ4v) is 3.08. The zero-order chi connectivity index (χ0) is 14.0. The van der Waals surface area contributed by atoms with Crippen molar-refractivity contribution in [3.63, 3.8) is 0 Å². The number of fused-ring (bicyclic) bond motifs is 1. The maximum Gasteiger partial charge on any atom is 0.130 e. The van der Waals surface area contributed by atoms with Gasteiger partial charge >= 0.3 is 0 Å². The van der Waals surface area contributed by atoms with Crippen molar-refractivity contribution < 1.29 is 4.79 Å². The first kappa shape index (κ1) is 14.0. The summed E-state index contributed by atoms with van der Waals surface area (Å²) in [6, 6.07) is 6.71. The van der Waals surface area contributed by atoms with Crippen LogP contribution in [0.5, 0.6) is 0 Å². The molecule has 1 aromatic carbocycles. The van der Waals surface area contributed by atoms with Crippen LogP contribution in [0, 0.1) is 0 Å². The van der Waals surface area contributed by atoms with Crippen LogP contribution in [0.15, 0.2) is 24.3 Å². The van der Waals surface area contributed by atoms with E-state index in [0.29, 0.717) is 12.3 Å². The minimum Gasteiger partial charge on any atom is -0.300 e. The van der Waals surface area contributed by atoms with Gasteiger partial charge in [0.05, 0.1) is 0 Å². The number of carbonyl (C=O) groups is 1. The van der Waals surface area contributed by atoms with Crippen LogP contribution in [0.4, 0.5) is 0 Å². The number of hydrogen-bond donors (Lipinski definition) is 0. The average Bonchev–Trinajstić information content (AvgIpc) is 2.71. The second-order valence-corrected chi connectivity index (χ2v) is 6.36. The van der Waals surface area contributed by atoms with E-state index in [1.54, 1.807) is 6.92 Å². The van der Waals surface area contributed by atoms with Crippen LogP contribution in [0.2, 0.25) is 0 Å². The maximum absolute atomic E-state index is 11.4. The van der Waals surface area contributed by atoms with Crippen LogP contribution in [-0.2, 0) is 10.2 Å². The van der Waals surface area contributed by atoms with E-state index < -0.39 is 0 Å². The zero-order valence-corrected chi connectivity index (χ0v) is 12.5. The Balaban J connectivity index is 2.31. The lowest BCUT2D eigenvalue weighted by Crippen LogP contribution is -2.21. The molecule has 1 unspecified atom stereocenters. The van der Waals surface area contributed by atoms with E-state index in [1.165, 1.54) is 29.5 Å². The number of Topliss-reactive ketones (excluding diaryl/α,β-unsaturated/α-hetero) is 1. The van der Waals surface area contributed by atoms with Crippen LogP contribution in [0.1, 0.15) is 69.6 Å². The largest absolute Gasteiger partial charge is 0.300 e. The van der Waals surface area contributed by atoms with Crippen LogP contribution >= 0.6 is 0 Å². The topological polar surface area (TPSA) is 17.1 Å². The third-order valence-electron chi connectivity index (χ3n) is 4.07. The van der Waals surface area contributed by atoms with Crippen LogP contribution in [0.25, 0.3) is 6.08 Å². The summed E-state index contributed by atoms with van der Waals surface area (Å²) >= 11 is 0. The van der Waals surface area contributed by atoms with Crippen molar-refractivity contribution in [1.82, 2.24) is 0 Å². The summed E-state index contributed by atoms with van der Waals surface area (Å²) < 4.78 is 0. The van der Waals surface area contributed by atoms with E-state index in [-0.39, 0.29) is 11.2 Å². The molecule has 0 bridgehead atoms. The molecule has 1 heteroatoms. The van der Waals surface area contributed by atoms with Crippen molar-refractivity contribution in [2.24, 2.45) is 0 Å². The lowest BCUT2D eigenvalue weighted by atomic mass is 9.78. The van der Waals surface area contributed by atoms with E-state index >= 15 is 0 Å². The van der Waals surface area contributed by atoms with Crippen molar-refractivity contribution in [2.75, 3.05) is 0 Å². The highest BCUT2D eigenvalue weighted by molar-refractivity contribution is 5.77. The number of carbonyl (C=O) groups excluding carboxylic acids is 1. The molecular weight excluding hydrogens is 232 g/mol. The summed E-state index contributed by atoms with van der Waals surface area (Å²) in [6.07, 6.45) is 7.57. The van der Waals surface area contributed by atoms with Gasteiger partial charge in [0.25, 0.3) is 0 Å². The van der Waals surface area contributed by atoms with Gasteiger partial charge in [-0.05, 0) is 35.4 Å². The maximum atomic E-state index is 11.4. The summed E-state index contributed by atoms with van der Waals surface area (Å²) in [6.45, 7) is 8.23. The molecule has 0 aromatic heterocycles. The molecule has 0 fully saturated rings. The zero-order valence-electron chi connectivity index (χ0n) is 12.5. The Morgan fingerprint density at radius 2 is 2.05 bits per heavy atom. The molecule has 0 saturated heterocycles. The van der Waals surface area contributed by atoms with Gasteiger partial charge in [0.2, 0.25) is 0 Å². The molecule has 0 amide bonds. The molecule has 2 rings (SSSR count). The Labute approximate surface area is 116 Å². The number of rotatable bonds is 5. The monoisotopic (exact) mass is 256 g/mol. The van der Waals surface area contributed by atoms with Gasteiger partial charge in [-0.3, -0.25) is 4.79 Å². The average molecular weight is 256 g/mol. The molecule has 102 valence electrons. The molecule has 1 nitrogen and oxygen atoms in total. The van der Waals surface area contributed by atoms with Gasteiger partial charge in [-0.25, -0.2) is 0 Å². The quantitative estimate of drug-likeness (QED) is 0.735. The summed E-state index contributed by atoms with van der Waals surface area (Å²) in [5, 5.41) is 0. The Hall–Kier alpha value is -1.37. The SMILES string of the molecule is CCCC1C=Cc2ccc(C(C)(C)CC(C)=O)cc21. The van der Waals surface area contributed by atoms with E-state index in [4.69, 9.17) is 0 Å². The van der Waals surface area contributed by atoms with E-state index in [0.717, 1.165) is 0 Å². The van der Waals surface area contributed by atoms with Crippen molar-refractivity contribution in [3.05, 3.63) is 41.0 Å². The lowest BCUT2D eigenvalue weighted by molar-refractivity contribution is -0.118. The second-order valence-electron chi connectivity index (χ2n) is 6.36. The second kappa shape index (κ2) is 5.32. The molecule has 0 N–H and O–H groups in total. The molecule has 0 heterocycles. The third kappa shape index (κ3) is 2.97. The summed E-state index contributed by atoms with van der Waals surface area (Å²) in [5.74, 6) is 0.821. The number of ketones is 1. The normalized spacial score (nSPS) is 17.6. The first-order valence-corrected chi connectivity index (χ1v) is 7.26. The molecule has 0 aliphatic heterocycles. The highest BCUT2D eigenvalue weighted by Crippen LogP contribution is 2.37. The standard InChI is InChI=1S/C18H24O/c1-5-6-14-7-8-15-9-10-16(11-17(14)15)18(3,4)12-13(2)19/h7-11,14H,5-6,12H2,1-4H3. The van der Waals surface area contributed by atoms with Crippen molar-refractivity contribution in [2.45, 2.75) is 58.3 Å². The van der Waals surface area contributed by atoms with Crippen LogP contribution in [-0.4, -0.2) is 5.78 Å². The van der Waals surface area contributed by atoms with Gasteiger partial charge in [0.15, 0.2) is 0 Å². The first-order valence-electron chi connectivity index (χ1n) is 7.26. The molecule has 1 aromatic rings. The van der Waals surface area contributed by atoms with Crippen LogP contribution in [0.3, 0.4) is 0 Å². The summed E-state index contributed by atoms with van der Waals surface area (Å²) in [5.41, 5.74) is 4.00. The fourth-order valence-electron chi connectivity index (χ4n) is 3.08. The Morgan fingerprint density at radius 3 is 2.68 bits per heavy atom. The minimum absolute atomic E-state index is 0.0692. The van der Waals surface area contributed by atoms with Gasteiger partial charge in [-0.1, -0.05) is 57.5 Å². The van der Waals surface area contributed by atoms with E-state index in [1.807, 2.05) is 0 Å². The third-order valence-corrected chi connectivity index (χ3v) is 4.07. The van der Waals surface area contributed by atoms with E-state index in [2.05, 4.69) is 51.1 Å².